The van der Waals surface area contributed by atoms with E-state index in [2.05, 4.69) is 16.0 Å². The third-order valence-electron chi connectivity index (χ3n) is 3.95. The zero-order chi connectivity index (χ0) is 16.4. The van der Waals surface area contributed by atoms with Crippen LogP contribution in [0.1, 0.15) is 19.8 Å². The first-order valence-corrected chi connectivity index (χ1v) is 7.81. The number of anilines is 2. The molecule has 2 fully saturated rings. The zero-order valence-corrected chi connectivity index (χ0v) is 13.0. The molecule has 1 aliphatic heterocycles. The Labute approximate surface area is 134 Å². The molecule has 1 saturated heterocycles. The van der Waals surface area contributed by atoms with Crippen LogP contribution in [0.5, 0.6) is 0 Å². The van der Waals surface area contributed by atoms with Crippen LogP contribution in [0.2, 0.25) is 0 Å². The first-order valence-electron chi connectivity index (χ1n) is 7.81. The highest BCUT2D eigenvalue weighted by Gasteiger charge is 2.30. The number of benzene rings is 1. The number of amides is 4. The van der Waals surface area contributed by atoms with Crippen LogP contribution < -0.4 is 16.0 Å². The van der Waals surface area contributed by atoms with Gasteiger partial charge in [0, 0.05) is 30.4 Å². The average Bonchev–Trinajstić information content (AvgIpc) is 3.29. The van der Waals surface area contributed by atoms with Crippen LogP contribution in [-0.4, -0.2) is 41.9 Å². The van der Waals surface area contributed by atoms with E-state index in [1.807, 2.05) is 18.2 Å². The van der Waals surface area contributed by atoms with Gasteiger partial charge in [0.05, 0.1) is 0 Å². The molecule has 0 aromatic heterocycles. The molecule has 1 unspecified atom stereocenters. The molecule has 1 aromatic rings. The van der Waals surface area contributed by atoms with Gasteiger partial charge >= 0.3 is 6.03 Å². The van der Waals surface area contributed by atoms with Crippen LogP contribution in [0, 0.1) is 5.92 Å². The summed E-state index contributed by atoms with van der Waals surface area (Å²) in [5.41, 5.74) is 1.42. The summed E-state index contributed by atoms with van der Waals surface area (Å²) < 4.78 is 0. The van der Waals surface area contributed by atoms with Crippen molar-refractivity contribution in [2.75, 3.05) is 23.7 Å². The molecule has 1 atom stereocenters. The molecule has 1 aliphatic carbocycles. The Morgan fingerprint density at radius 3 is 2.70 bits per heavy atom. The molecule has 3 N–H and O–H groups in total. The van der Waals surface area contributed by atoms with E-state index in [1.165, 1.54) is 4.90 Å². The van der Waals surface area contributed by atoms with Crippen LogP contribution in [0.3, 0.4) is 0 Å². The quantitative estimate of drug-likeness (QED) is 0.765. The van der Waals surface area contributed by atoms with E-state index in [1.54, 1.807) is 13.0 Å². The van der Waals surface area contributed by atoms with Crippen molar-refractivity contribution in [3.05, 3.63) is 24.3 Å². The van der Waals surface area contributed by atoms with Gasteiger partial charge in [-0.15, -0.1) is 0 Å². The Morgan fingerprint density at radius 2 is 2.04 bits per heavy atom. The molecular formula is C16H20N4O3. The van der Waals surface area contributed by atoms with Gasteiger partial charge in [-0.25, -0.2) is 4.79 Å². The van der Waals surface area contributed by atoms with Gasteiger partial charge < -0.3 is 16.0 Å². The van der Waals surface area contributed by atoms with E-state index in [0.29, 0.717) is 18.8 Å². The maximum atomic E-state index is 12.3. The zero-order valence-electron chi connectivity index (χ0n) is 13.0. The maximum Gasteiger partial charge on any atom is 0.324 e. The van der Waals surface area contributed by atoms with Crippen molar-refractivity contribution in [1.82, 2.24) is 10.2 Å². The summed E-state index contributed by atoms with van der Waals surface area (Å²) in [4.78, 5) is 36.8. The fourth-order valence-corrected chi connectivity index (χ4v) is 2.50. The lowest BCUT2D eigenvalue weighted by Crippen LogP contribution is -2.43. The fraction of sp³-hybridized carbons (Fsp3) is 0.438. The second kappa shape index (κ2) is 6.28. The van der Waals surface area contributed by atoms with Gasteiger partial charge in [0.25, 0.3) is 5.91 Å². The Kier molecular flexibility index (Phi) is 4.18. The highest BCUT2D eigenvalue weighted by molar-refractivity contribution is 5.99. The van der Waals surface area contributed by atoms with Crippen molar-refractivity contribution >= 4 is 29.2 Å². The molecule has 3 rings (SSSR count). The Hall–Kier alpha value is -2.57. The number of carbonyl (C=O) groups is 3. The summed E-state index contributed by atoms with van der Waals surface area (Å²) in [5.74, 6) is -0.0896. The normalized spacial score (nSPS) is 18.3. The molecule has 1 saturated carbocycles. The van der Waals surface area contributed by atoms with Crippen molar-refractivity contribution < 1.29 is 14.4 Å². The van der Waals surface area contributed by atoms with E-state index in [0.717, 1.165) is 18.5 Å². The predicted octanol–water partition coefficient (Wildman–Crippen LogP) is 1.39. The Balaban J connectivity index is 1.61. The third-order valence-corrected chi connectivity index (χ3v) is 3.95. The summed E-state index contributed by atoms with van der Waals surface area (Å²) in [6.07, 6.45) is 1.90. The molecule has 7 heteroatoms. The molecule has 4 amide bonds. The van der Waals surface area contributed by atoms with Crippen LogP contribution in [0.15, 0.2) is 24.3 Å². The van der Waals surface area contributed by atoms with E-state index in [4.69, 9.17) is 0 Å². The third kappa shape index (κ3) is 3.61. The number of carbonyl (C=O) groups excluding carboxylic acids is 3. The van der Waals surface area contributed by atoms with Gasteiger partial charge in [0.15, 0.2) is 0 Å². The Bertz CT molecular complexity index is 642. The second-order valence-electron chi connectivity index (χ2n) is 5.93. The van der Waals surface area contributed by atoms with E-state index >= 15 is 0 Å². The van der Waals surface area contributed by atoms with Crippen molar-refractivity contribution in [2.45, 2.75) is 25.8 Å². The van der Waals surface area contributed by atoms with Crippen molar-refractivity contribution in [2.24, 2.45) is 5.92 Å². The topological polar surface area (TPSA) is 90.5 Å². The molecule has 2 aliphatic rings. The van der Waals surface area contributed by atoms with Crippen LogP contribution >= 0.6 is 0 Å². The molecule has 23 heavy (non-hydrogen) atoms. The minimum Gasteiger partial charge on any atom is -0.374 e. The van der Waals surface area contributed by atoms with Crippen LogP contribution in [-0.2, 0) is 9.59 Å². The number of nitrogens with one attached hydrogen (secondary N) is 3. The summed E-state index contributed by atoms with van der Waals surface area (Å²) in [7, 11) is 0. The number of urea groups is 1. The average molecular weight is 316 g/mol. The first kappa shape index (κ1) is 15.3. The monoisotopic (exact) mass is 316 g/mol. The largest absolute Gasteiger partial charge is 0.374 e. The molecule has 7 nitrogen and oxygen atoms in total. The predicted molar refractivity (Wildman–Crippen MR) is 86.0 cm³/mol. The minimum atomic E-state index is -0.534. The number of rotatable bonds is 5. The molecular weight excluding hydrogens is 296 g/mol. The molecule has 1 heterocycles. The highest BCUT2D eigenvalue weighted by Crippen LogP contribution is 2.30. The van der Waals surface area contributed by atoms with E-state index in [9.17, 15) is 14.4 Å². The van der Waals surface area contributed by atoms with Gasteiger partial charge in [-0.05, 0) is 38.0 Å². The number of hydrogen-bond acceptors (Lipinski definition) is 4. The fourth-order valence-electron chi connectivity index (χ4n) is 2.50. The lowest BCUT2D eigenvalue weighted by atomic mass is 10.2. The highest BCUT2D eigenvalue weighted by atomic mass is 16.2. The number of nitrogens with zero attached hydrogens (tertiary/aromatic N) is 1. The van der Waals surface area contributed by atoms with Crippen molar-refractivity contribution in [3.63, 3.8) is 0 Å². The summed E-state index contributed by atoms with van der Waals surface area (Å²) in [5, 5.41) is 8.55. The lowest BCUT2D eigenvalue weighted by Gasteiger charge is -2.20. The van der Waals surface area contributed by atoms with Gasteiger partial charge in [0.1, 0.15) is 6.04 Å². The minimum absolute atomic E-state index is 0.0417. The first-order chi connectivity index (χ1) is 11.0. The molecule has 1 aromatic carbocycles. The van der Waals surface area contributed by atoms with Crippen molar-refractivity contribution in [1.29, 1.82) is 0 Å². The van der Waals surface area contributed by atoms with Crippen LogP contribution in [0.25, 0.3) is 0 Å². The van der Waals surface area contributed by atoms with Gasteiger partial charge in [0.2, 0.25) is 5.91 Å². The standard InChI is InChI=1S/C16H20N4O3/c1-10(15(22)20-8-7-17-16(20)23)18-12-3-2-4-13(9-12)19-14(21)11-5-6-11/h2-4,9-11,18H,5-8H2,1H3,(H,17,23)(H,19,21). The van der Waals surface area contributed by atoms with E-state index < -0.39 is 6.04 Å². The van der Waals surface area contributed by atoms with Gasteiger partial charge in [-0.1, -0.05) is 6.07 Å². The van der Waals surface area contributed by atoms with Gasteiger partial charge in [-0.2, -0.15) is 0 Å². The summed E-state index contributed by atoms with van der Waals surface area (Å²) in [6.45, 7) is 2.59. The number of hydrogen-bond donors (Lipinski definition) is 3. The Morgan fingerprint density at radius 1 is 1.30 bits per heavy atom. The molecule has 0 radical (unpaired) electrons. The maximum absolute atomic E-state index is 12.3. The molecule has 0 bridgehead atoms. The van der Waals surface area contributed by atoms with Crippen molar-refractivity contribution in [3.8, 4) is 0 Å². The SMILES string of the molecule is CC(Nc1cccc(NC(=O)C2CC2)c1)C(=O)N1CCNC1=O. The van der Waals surface area contributed by atoms with Gasteiger partial charge in [-0.3, -0.25) is 14.5 Å². The van der Waals surface area contributed by atoms with E-state index in [-0.39, 0.29) is 23.8 Å². The molecule has 122 valence electrons. The lowest BCUT2D eigenvalue weighted by molar-refractivity contribution is -0.128. The summed E-state index contributed by atoms with van der Waals surface area (Å²) in [6, 6.07) is 6.34. The molecule has 0 spiro atoms. The second-order valence-corrected chi connectivity index (χ2v) is 5.93. The number of imide groups is 1. The smallest absolute Gasteiger partial charge is 0.324 e. The summed E-state index contributed by atoms with van der Waals surface area (Å²) >= 11 is 0. The van der Waals surface area contributed by atoms with Crippen LogP contribution in [0.4, 0.5) is 16.2 Å².